The largest absolute Gasteiger partial charge is 0.494 e. The Labute approximate surface area is 159 Å². The number of hydrogen-bond donors (Lipinski definition) is 2. The number of ether oxygens (including phenoxy) is 1. The molecule has 0 aliphatic carbocycles. The van der Waals surface area contributed by atoms with Crippen molar-refractivity contribution in [3.05, 3.63) is 47.8 Å². The molecule has 28 heavy (non-hydrogen) atoms. The number of carboxylic acids is 1. The average molecular weight is 386 g/mol. The molecule has 0 saturated carbocycles. The van der Waals surface area contributed by atoms with Crippen molar-refractivity contribution >= 4 is 11.8 Å². The molecule has 2 aromatic heterocycles. The number of hydrogen-bond acceptors (Lipinski definition) is 6. The molecule has 0 bridgehead atoms. The number of aromatic nitrogens is 3. The van der Waals surface area contributed by atoms with Crippen molar-refractivity contribution in [2.24, 2.45) is 0 Å². The van der Waals surface area contributed by atoms with E-state index < -0.39 is 11.8 Å². The predicted octanol–water partition coefficient (Wildman–Crippen LogP) is 3.29. The highest BCUT2D eigenvalue weighted by Gasteiger charge is 2.31. The van der Waals surface area contributed by atoms with E-state index in [0.29, 0.717) is 24.6 Å². The number of anilines is 1. The third kappa shape index (κ3) is 3.19. The van der Waals surface area contributed by atoms with Gasteiger partial charge in [-0.1, -0.05) is 5.16 Å². The second-order valence-corrected chi connectivity index (χ2v) is 6.60. The molecule has 146 valence electrons. The van der Waals surface area contributed by atoms with E-state index in [9.17, 15) is 14.3 Å². The molecule has 0 amide bonds. The number of piperidine rings is 1. The molecule has 9 heteroatoms. The van der Waals surface area contributed by atoms with Gasteiger partial charge < -0.3 is 24.3 Å². The quantitative estimate of drug-likeness (QED) is 0.693. The van der Waals surface area contributed by atoms with Crippen LogP contribution >= 0.6 is 0 Å². The van der Waals surface area contributed by atoms with Crippen LogP contribution in [0.3, 0.4) is 0 Å². The van der Waals surface area contributed by atoms with Gasteiger partial charge in [0.15, 0.2) is 28.7 Å². The minimum atomic E-state index is -1.15. The Bertz CT molecular complexity index is 978. The molecular formula is C19H19FN4O4. The molecular weight excluding hydrogens is 367 g/mol. The van der Waals surface area contributed by atoms with E-state index >= 15 is 0 Å². The van der Waals surface area contributed by atoms with E-state index in [4.69, 9.17) is 9.26 Å². The van der Waals surface area contributed by atoms with E-state index in [0.717, 1.165) is 18.7 Å². The fourth-order valence-corrected chi connectivity index (χ4v) is 3.55. The van der Waals surface area contributed by atoms with Crippen LogP contribution in [0.2, 0.25) is 0 Å². The molecule has 1 aromatic carbocycles. The summed E-state index contributed by atoms with van der Waals surface area (Å²) >= 11 is 0. The fraction of sp³-hybridized carbons (Fsp3) is 0.316. The van der Waals surface area contributed by atoms with E-state index in [2.05, 4.69) is 15.1 Å². The van der Waals surface area contributed by atoms with Gasteiger partial charge in [0.2, 0.25) is 0 Å². The number of aromatic amines is 1. The van der Waals surface area contributed by atoms with Crippen LogP contribution in [-0.2, 0) is 0 Å². The number of methoxy groups -OCH3 is 1. The van der Waals surface area contributed by atoms with Gasteiger partial charge in [-0.3, -0.25) is 0 Å². The zero-order valence-corrected chi connectivity index (χ0v) is 15.2. The van der Waals surface area contributed by atoms with E-state index in [-0.39, 0.29) is 22.9 Å². The maximum atomic E-state index is 13.7. The van der Waals surface area contributed by atoms with E-state index in [1.54, 1.807) is 12.4 Å². The predicted molar refractivity (Wildman–Crippen MR) is 98.2 cm³/mol. The highest BCUT2D eigenvalue weighted by Crippen LogP contribution is 2.36. The molecule has 8 nitrogen and oxygen atoms in total. The van der Waals surface area contributed by atoms with Gasteiger partial charge in [0, 0.05) is 37.0 Å². The first-order valence-electron chi connectivity index (χ1n) is 8.89. The number of rotatable bonds is 5. The van der Waals surface area contributed by atoms with Crippen LogP contribution in [0, 0.1) is 5.82 Å². The van der Waals surface area contributed by atoms with Crippen molar-refractivity contribution in [1.29, 1.82) is 0 Å². The molecule has 1 aliphatic heterocycles. The first-order valence-corrected chi connectivity index (χ1v) is 8.89. The Balaban J connectivity index is 1.62. The van der Waals surface area contributed by atoms with Gasteiger partial charge >= 0.3 is 5.97 Å². The summed E-state index contributed by atoms with van der Waals surface area (Å²) in [5, 5.41) is 13.8. The van der Waals surface area contributed by atoms with Crippen molar-refractivity contribution in [3.63, 3.8) is 0 Å². The average Bonchev–Trinajstić information content (AvgIpc) is 3.38. The van der Waals surface area contributed by atoms with Gasteiger partial charge in [-0.05, 0) is 31.0 Å². The zero-order valence-electron chi connectivity index (χ0n) is 15.2. The minimum absolute atomic E-state index is 0.00560. The summed E-state index contributed by atoms with van der Waals surface area (Å²) in [7, 11) is 1.34. The second-order valence-electron chi connectivity index (χ2n) is 6.60. The van der Waals surface area contributed by atoms with Crippen LogP contribution in [0.4, 0.5) is 10.2 Å². The zero-order chi connectivity index (χ0) is 19.7. The molecule has 4 rings (SSSR count). The summed E-state index contributed by atoms with van der Waals surface area (Å²) < 4.78 is 24.0. The van der Waals surface area contributed by atoms with Crippen molar-refractivity contribution in [1.82, 2.24) is 15.1 Å². The SMILES string of the molecule is COc1cc(-c2onc(N3CCC(c4ncc[nH]4)CC3)c2C(=O)O)ccc1F. The second kappa shape index (κ2) is 7.34. The lowest BCUT2D eigenvalue weighted by Gasteiger charge is -2.31. The lowest BCUT2D eigenvalue weighted by molar-refractivity contribution is 0.0697. The summed E-state index contributed by atoms with van der Waals surface area (Å²) in [4.78, 5) is 21.3. The first-order chi connectivity index (χ1) is 13.6. The molecule has 0 unspecified atom stereocenters. The molecule has 1 fully saturated rings. The van der Waals surface area contributed by atoms with Crippen LogP contribution in [0.15, 0.2) is 35.1 Å². The van der Waals surface area contributed by atoms with Gasteiger partial charge in [-0.25, -0.2) is 14.2 Å². The molecule has 0 radical (unpaired) electrons. The van der Waals surface area contributed by atoms with Crippen LogP contribution in [-0.4, -0.2) is 46.4 Å². The third-order valence-corrected chi connectivity index (χ3v) is 5.00. The monoisotopic (exact) mass is 386 g/mol. The summed E-state index contributed by atoms with van der Waals surface area (Å²) in [6, 6.07) is 4.05. The number of nitrogens with one attached hydrogen (secondary N) is 1. The Hall–Kier alpha value is -3.36. The van der Waals surface area contributed by atoms with E-state index in [1.165, 1.54) is 25.3 Å². The molecule has 0 atom stereocenters. The normalized spacial score (nSPS) is 15.0. The lowest BCUT2D eigenvalue weighted by Crippen LogP contribution is -2.34. The van der Waals surface area contributed by atoms with Crippen molar-refractivity contribution in [2.75, 3.05) is 25.1 Å². The molecule has 2 N–H and O–H groups in total. The van der Waals surface area contributed by atoms with Crippen molar-refractivity contribution in [2.45, 2.75) is 18.8 Å². The Morgan fingerprint density at radius 2 is 2.18 bits per heavy atom. The van der Waals surface area contributed by atoms with Gasteiger partial charge in [0.25, 0.3) is 0 Å². The Morgan fingerprint density at radius 3 is 2.82 bits per heavy atom. The van der Waals surface area contributed by atoms with Gasteiger partial charge in [0.05, 0.1) is 7.11 Å². The maximum Gasteiger partial charge on any atom is 0.343 e. The highest BCUT2D eigenvalue weighted by molar-refractivity contribution is 5.99. The summed E-state index contributed by atoms with van der Waals surface area (Å²) in [6.07, 6.45) is 5.16. The highest BCUT2D eigenvalue weighted by atomic mass is 19.1. The summed E-state index contributed by atoms with van der Waals surface area (Å²) in [5.74, 6) is -0.0844. The van der Waals surface area contributed by atoms with Crippen LogP contribution in [0.1, 0.15) is 34.9 Å². The number of aromatic carboxylic acids is 1. The number of carboxylic acid groups (broad SMARTS) is 1. The summed E-state index contributed by atoms with van der Waals surface area (Å²) in [6.45, 7) is 1.26. The number of nitrogens with zero attached hydrogens (tertiary/aromatic N) is 3. The maximum absolute atomic E-state index is 13.7. The number of H-pyrrole nitrogens is 1. The topological polar surface area (TPSA) is 104 Å². The van der Waals surface area contributed by atoms with Crippen LogP contribution in [0.5, 0.6) is 5.75 Å². The molecule has 0 spiro atoms. The molecule has 3 heterocycles. The van der Waals surface area contributed by atoms with Crippen molar-refractivity contribution in [3.8, 4) is 17.1 Å². The molecule has 3 aromatic rings. The van der Waals surface area contributed by atoms with Gasteiger partial charge in [-0.2, -0.15) is 0 Å². The van der Waals surface area contributed by atoms with Gasteiger partial charge in [0.1, 0.15) is 5.82 Å². The number of halogens is 1. The lowest BCUT2D eigenvalue weighted by atomic mass is 9.96. The first kappa shape index (κ1) is 18.0. The standard InChI is InChI=1S/C19H19FN4O4/c1-27-14-10-12(2-3-13(14)20)16-15(19(25)26)18(23-28-16)24-8-4-11(5-9-24)17-21-6-7-22-17/h2-3,6-7,10-11H,4-5,8-9H2,1H3,(H,21,22)(H,25,26). The van der Waals surface area contributed by atoms with E-state index in [1.807, 2.05) is 4.90 Å². The summed E-state index contributed by atoms with van der Waals surface area (Å²) in [5.41, 5.74) is 0.352. The number of imidazole rings is 1. The van der Waals surface area contributed by atoms with Crippen LogP contribution in [0.25, 0.3) is 11.3 Å². The third-order valence-electron chi connectivity index (χ3n) is 5.00. The number of carbonyl (C=O) groups is 1. The molecule has 1 saturated heterocycles. The fourth-order valence-electron chi connectivity index (χ4n) is 3.55. The van der Waals surface area contributed by atoms with Gasteiger partial charge in [-0.15, -0.1) is 0 Å². The Kier molecular flexibility index (Phi) is 4.72. The smallest absolute Gasteiger partial charge is 0.343 e. The number of benzene rings is 1. The molecule has 1 aliphatic rings. The van der Waals surface area contributed by atoms with Crippen molar-refractivity contribution < 1.29 is 23.6 Å². The van der Waals surface area contributed by atoms with Crippen LogP contribution < -0.4 is 9.64 Å². The Morgan fingerprint density at radius 1 is 1.39 bits per heavy atom. The minimum Gasteiger partial charge on any atom is -0.494 e.